The fraction of sp³-hybridized carbons (Fsp3) is 0.905. The molecule has 4 rings (SSSR count). The minimum Gasteiger partial charge on any atom is -0.462 e. The molecule has 0 aromatic rings. The molecule has 3 saturated carbocycles. The standard InChI is InChI=1S/C42H76N4O3.3ClH/c1-31(2)12-8-13-32(3)36-18-19-37-35-17-16-33-30-34(20-22-41(33,4)38(35)21-23-42(36,37)5)49-40(48)15-9-14-39(47)46(29-11-25-44)28-7-6-26-45-27-10-24-43;;;/h16,31-32,34-38,45H,6-15,17-30,43-44H2,1-5H3;3*1H/t32?,34-,35-,36+,37-,38-,41-,42+;;;/m0.../s1. The van der Waals surface area contributed by atoms with Crippen molar-refractivity contribution in [3.05, 3.63) is 11.6 Å². The molecule has 3 fully saturated rings. The number of hydrogen-bond donors (Lipinski definition) is 3. The van der Waals surface area contributed by atoms with E-state index in [1.165, 1.54) is 51.4 Å². The molecule has 7 nitrogen and oxygen atoms in total. The summed E-state index contributed by atoms with van der Waals surface area (Å²) in [5.41, 5.74) is 13.6. The number of ether oxygens (including phenoxy) is 1. The maximum Gasteiger partial charge on any atom is 0.306 e. The van der Waals surface area contributed by atoms with Crippen molar-refractivity contribution in [2.75, 3.05) is 39.3 Å². The van der Waals surface area contributed by atoms with E-state index in [1.54, 1.807) is 5.57 Å². The number of carbonyl (C=O) groups is 2. The van der Waals surface area contributed by atoms with E-state index < -0.39 is 0 Å². The minimum atomic E-state index is -0.138. The predicted molar refractivity (Wildman–Crippen MR) is 225 cm³/mol. The Balaban J connectivity index is 0.00000451. The van der Waals surface area contributed by atoms with Crippen molar-refractivity contribution in [1.29, 1.82) is 0 Å². The summed E-state index contributed by atoms with van der Waals surface area (Å²) >= 11 is 0. The third kappa shape index (κ3) is 13.0. The minimum absolute atomic E-state index is 0. The van der Waals surface area contributed by atoms with Gasteiger partial charge in [0.25, 0.3) is 0 Å². The second kappa shape index (κ2) is 24.1. The van der Waals surface area contributed by atoms with Crippen LogP contribution in [0.25, 0.3) is 0 Å². The summed E-state index contributed by atoms with van der Waals surface area (Å²) in [6.45, 7) is 17.1. The largest absolute Gasteiger partial charge is 0.462 e. The van der Waals surface area contributed by atoms with Gasteiger partial charge in [0.1, 0.15) is 6.10 Å². The van der Waals surface area contributed by atoms with Gasteiger partial charge in [-0.1, -0.05) is 65.5 Å². The van der Waals surface area contributed by atoms with E-state index in [2.05, 4.69) is 46.0 Å². The molecule has 10 heteroatoms. The predicted octanol–water partition coefficient (Wildman–Crippen LogP) is 9.27. The molecular formula is C42H79Cl3N4O3. The van der Waals surface area contributed by atoms with Gasteiger partial charge in [0.15, 0.2) is 0 Å². The average molecular weight is 794 g/mol. The van der Waals surface area contributed by atoms with Crippen LogP contribution in [0.3, 0.4) is 0 Å². The molecule has 8 atom stereocenters. The summed E-state index contributed by atoms with van der Waals surface area (Å²) in [6.07, 6.45) is 21.6. The number of amides is 1. The monoisotopic (exact) mass is 793 g/mol. The maximum atomic E-state index is 13.0. The zero-order valence-corrected chi connectivity index (χ0v) is 36.1. The number of nitrogens with one attached hydrogen (secondary N) is 1. The van der Waals surface area contributed by atoms with Gasteiger partial charge in [-0.15, -0.1) is 37.2 Å². The maximum absolute atomic E-state index is 13.0. The van der Waals surface area contributed by atoms with Gasteiger partial charge < -0.3 is 26.4 Å². The Labute approximate surface area is 337 Å². The van der Waals surface area contributed by atoms with Crippen LogP contribution in [-0.2, 0) is 14.3 Å². The molecule has 0 aromatic heterocycles. The van der Waals surface area contributed by atoms with E-state index in [0.29, 0.717) is 44.3 Å². The fourth-order valence-electron chi connectivity index (χ4n) is 11.1. The topological polar surface area (TPSA) is 111 Å². The van der Waals surface area contributed by atoms with Gasteiger partial charge in [-0.05, 0) is 150 Å². The van der Waals surface area contributed by atoms with Crippen LogP contribution < -0.4 is 16.8 Å². The summed E-state index contributed by atoms with van der Waals surface area (Å²) in [6, 6.07) is 0. The van der Waals surface area contributed by atoms with Crippen LogP contribution >= 0.6 is 37.2 Å². The zero-order valence-electron chi connectivity index (χ0n) is 33.6. The number of allylic oxidation sites excluding steroid dienone is 1. The first-order valence-corrected chi connectivity index (χ1v) is 20.8. The summed E-state index contributed by atoms with van der Waals surface area (Å²) in [5, 5.41) is 3.41. The Morgan fingerprint density at radius 3 is 2.27 bits per heavy atom. The molecule has 5 N–H and O–H groups in total. The Kier molecular flexibility index (Phi) is 23.0. The smallest absolute Gasteiger partial charge is 0.306 e. The van der Waals surface area contributed by atoms with E-state index in [4.69, 9.17) is 16.2 Å². The first-order chi connectivity index (χ1) is 23.5. The van der Waals surface area contributed by atoms with Gasteiger partial charge in [0.2, 0.25) is 5.91 Å². The molecule has 4 aliphatic carbocycles. The van der Waals surface area contributed by atoms with Crippen molar-refractivity contribution < 1.29 is 14.3 Å². The highest BCUT2D eigenvalue weighted by atomic mass is 35.5. The van der Waals surface area contributed by atoms with Crippen LogP contribution in [-0.4, -0.2) is 62.1 Å². The highest BCUT2D eigenvalue weighted by molar-refractivity contribution is 5.86. The lowest BCUT2D eigenvalue weighted by atomic mass is 9.47. The van der Waals surface area contributed by atoms with Crippen LogP contribution in [0.15, 0.2) is 11.6 Å². The van der Waals surface area contributed by atoms with Gasteiger partial charge in [-0.25, -0.2) is 0 Å². The Morgan fingerprint density at radius 2 is 1.56 bits per heavy atom. The summed E-state index contributed by atoms with van der Waals surface area (Å²) < 4.78 is 6.08. The molecule has 0 saturated heterocycles. The number of nitrogens with zero attached hydrogens (tertiary/aromatic N) is 1. The van der Waals surface area contributed by atoms with E-state index in [0.717, 1.165) is 100 Å². The molecule has 0 spiro atoms. The number of unbranched alkanes of at least 4 members (excludes halogenated alkanes) is 1. The van der Waals surface area contributed by atoms with Gasteiger partial charge in [-0.3, -0.25) is 9.59 Å². The lowest BCUT2D eigenvalue weighted by molar-refractivity contribution is -0.151. The Bertz CT molecular complexity index is 1080. The van der Waals surface area contributed by atoms with E-state index in [-0.39, 0.29) is 60.6 Å². The molecule has 52 heavy (non-hydrogen) atoms. The van der Waals surface area contributed by atoms with Crippen LogP contribution in [0.4, 0.5) is 0 Å². The molecule has 0 bridgehead atoms. The molecule has 4 aliphatic rings. The normalized spacial score (nSPS) is 29.6. The lowest BCUT2D eigenvalue weighted by Crippen LogP contribution is -2.51. The quantitative estimate of drug-likeness (QED) is 0.0608. The molecule has 0 heterocycles. The number of hydrogen-bond acceptors (Lipinski definition) is 6. The first-order valence-electron chi connectivity index (χ1n) is 20.8. The summed E-state index contributed by atoms with van der Waals surface area (Å²) in [4.78, 5) is 27.9. The van der Waals surface area contributed by atoms with Crippen molar-refractivity contribution in [3.8, 4) is 0 Å². The second-order valence-corrected chi connectivity index (χ2v) is 17.6. The second-order valence-electron chi connectivity index (χ2n) is 17.6. The van der Waals surface area contributed by atoms with Crippen LogP contribution in [0, 0.1) is 46.3 Å². The average Bonchev–Trinajstić information content (AvgIpc) is 3.43. The number of fused-ring (bicyclic) bond motifs is 5. The van der Waals surface area contributed by atoms with Crippen molar-refractivity contribution >= 4 is 49.1 Å². The molecule has 0 radical (unpaired) electrons. The molecule has 1 amide bonds. The van der Waals surface area contributed by atoms with Gasteiger partial charge >= 0.3 is 5.97 Å². The van der Waals surface area contributed by atoms with Crippen LogP contribution in [0.2, 0.25) is 0 Å². The number of rotatable bonds is 21. The fourth-order valence-corrected chi connectivity index (χ4v) is 11.1. The van der Waals surface area contributed by atoms with Crippen molar-refractivity contribution in [2.24, 2.45) is 57.8 Å². The summed E-state index contributed by atoms with van der Waals surface area (Å²) in [5.74, 6) is 5.01. The highest BCUT2D eigenvalue weighted by Crippen LogP contribution is 2.67. The Hall–Kier alpha value is -0.570. The Morgan fingerprint density at radius 1 is 0.846 bits per heavy atom. The molecule has 0 aliphatic heterocycles. The van der Waals surface area contributed by atoms with Gasteiger partial charge in [0.05, 0.1) is 0 Å². The SMILES string of the molecule is CC(C)CCCC(C)[C@H]1CC[C@H]2[C@@H]3CC=C4C[C@@H](OC(=O)CCCC(=O)N(CCCN)CCCCNCCCN)CC[C@]4(C)[C@H]3CC[C@]12C.Cl.Cl.Cl. The van der Waals surface area contributed by atoms with Crippen molar-refractivity contribution in [1.82, 2.24) is 10.2 Å². The third-order valence-corrected chi connectivity index (χ3v) is 13.9. The van der Waals surface area contributed by atoms with Crippen LogP contribution in [0.1, 0.15) is 150 Å². The number of esters is 1. The van der Waals surface area contributed by atoms with Crippen LogP contribution in [0.5, 0.6) is 0 Å². The number of carbonyl (C=O) groups excluding carboxylic acids is 2. The van der Waals surface area contributed by atoms with Gasteiger partial charge in [-0.2, -0.15) is 0 Å². The molecular weight excluding hydrogens is 715 g/mol. The van der Waals surface area contributed by atoms with Crippen molar-refractivity contribution in [2.45, 2.75) is 156 Å². The number of nitrogens with two attached hydrogens (primary N) is 2. The highest BCUT2D eigenvalue weighted by Gasteiger charge is 2.59. The van der Waals surface area contributed by atoms with E-state index in [9.17, 15) is 9.59 Å². The molecule has 0 aromatic carbocycles. The third-order valence-electron chi connectivity index (χ3n) is 13.9. The lowest BCUT2D eigenvalue weighted by Gasteiger charge is -2.58. The van der Waals surface area contributed by atoms with Gasteiger partial charge in [0, 0.05) is 32.4 Å². The molecule has 306 valence electrons. The first kappa shape index (κ1) is 49.4. The van der Waals surface area contributed by atoms with E-state index >= 15 is 0 Å². The number of halogens is 3. The molecule has 1 unspecified atom stereocenters. The zero-order chi connectivity index (χ0) is 35.4. The van der Waals surface area contributed by atoms with Crippen molar-refractivity contribution in [3.63, 3.8) is 0 Å². The van der Waals surface area contributed by atoms with E-state index in [1.807, 2.05) is 4.90 Å². The summed E-state index contributed by atoms with van der Waals surface area (Å²) in [7, 11) is 0.